The highest BCUT2D eigenvalue weighted by molar-refractivity contribution is 6.09. The summed E-state index contributed by atoms with van der Waals surface area (Å²) < 4.78 is 6.44. The summed E-state index contributed by atoms with van der Waals surface area (Å²) >= 11 is 0. The van der Waals surface area contributed by atoms with Crippen LogP contribution in [0.3, 0.4) is 0 Å². The van der Waals surface area contributed by atoms with Gasteiger partial charge in [-0.05, 0) is 43.2 Å². The average molecular weight is 443 g/mol. The zero-order chi connectivity index (χ0) is 22.6. The Morgan fingerprint density at radius 2 is 1.64 bits per heavy atom. The fraction of sp³-hybridized carbons (Fsp3) is 0.370. The van der Waals surface area contributed by atoms with E-state index < -0.39 is 0 Å². The number of nitrogens with two attached hydrogens (primary N) is 1. The van der Waals surface area contributed by atoms with Crippen LogP contribution < -0.4 is 11.1 Å². The number of furan rings is 1. The Hall–Kier alpha value is -3.09. The Kier molecular flexibility index (Phi) is 4.82. The SMILES string of the molecule is CN1C(=O)c2c(oc(-c3ccc(C4(N)CCC4)cc3)c2-c2ccccc2)NC1N1CCCC1. The van der Waals surface area contributed by atoms with Crippen molar-refractivity contribution in [3.63, 3.8) is 0 Å². The first kappa shape index (κ1) is 20.5. The van der Waals surface area contributed by atoms with Crippen LogP contribution in [0, 0.1) is 0 Å². The molecule has 2 aromatic carbocycles. The molecule has 6 rings (SSSR count). The topological polar surface area (TPSA) is 74.7 Å². The Morgan fingerprint density at radius 3 is 2.27 bits per heavy atom. The number of hydrogen-bond acceptors (Lipinski definition) is 5. The number of likely N-dealkylation sites (tertiary alicyclic amines) is 1. The summed E-state index contributed by atoms with van der Waals surface area (Å²) in [5, 5.41) is 3.52. The number of nitrogens with zero attached hydrogens (tertiary/aromatic N) is 2. The molecule has 0 bridgehead atoms. The highest BCUT2D eigenvalue weighted by atomic mass is 16.4. The van der Waals surface area contributed by atoms with Crippen molar-refractivity contribution in [1.82, 2.24) is 9.80 Å². The highest BCUT2D eigenvalue weighted by Gasteiger charge is 2.40. The van der Waals surface area contributed by atoms with Gasteiger partial charge in [0, 0.05) is 36.8 Å². The zero-order valence-electron chi connectivity index (χ0n) is 19.0. The Bertz CT molecular complexity index is 1170. The molecule has 6 nitrogen and oxygen atoms in total. The minimum Gasteiger partial charge on any atom is -0.439 e. The van der Waals surface area contributed by atoms with Crippen LogP contribution in [-0.2, 0) is 5.54 Å². The summed E-state index contributed by atoms with van der Waals surface area (Å²) in [4.78, 5) is 17.7. The maximum Gasteiger partial charge on any atom is 0.262 e. The van der Waals surface area contributed by atoms with Gasteiger partial charge in [0.2, 0.25) is 5.88 Å². The van der Waals surface area contributed by atoms with Crippen LogP contribution in [0.2, 0.25) is 0 Å². The van der Waals surface area contributed by atoms with Gasteiger partial charge in [0.25, 0.3) is 5.91 Å². The summed E-state index contributed by atoms with van der Waals surface area (Å²) in [6.07, 6.45) is 5.36. The van der Waals surface area contributed by atoms with E-state index in [-0.39, 0.29) is 17.7 Å². The Balaban J connectivity index is 1.46. The van der Waals surface area contributed by atoms with Crippen LogP contribution in [0.4, 0.5) is 5.88 Å². The van der Waals surface area contributed by atoms with Crippen molar-refractivity contribution < 1.29 is 9.21 Å². The molecular weight excluding hydrogens is 412 g/mol. The number of nitrogens with one attached hydrogen (secondary N) is 1. The maximum atomic E-state index is 13.6. The minimum absolute atomic E-state index is 0.0125. The van der Waals surface area contributed by atoms with Crippen LogP contribution in [0.1, 0.15) is 48.0 Å². The van der Waals surface area contributed by atoms with Crippen LogP contribution in [0.25, 0.3) is 22.5 Å². The molecule has 1 amide bonds. The number of amides is 1. The Labute approximate surface area is 194 Å². The normalized spacial score (nSPS) is 22.1. The van der Waals surface area contributed by atoms with E-state index in [4.69, 9.17) is 10.2 Å². The fourth-order valence-corrected chi connectivity index (χ4v) is 5.44. The van der Waals surface area contributed by atoms with Crippen molar-refractivity contribution in [3.8, 4) is 22.5 Å². The second-order valence-electron chi connectivity index (χ2n) is 9.64. The molecule has 1 saturated carbocycles. The van der Waals surface area contributed by atoms with E-state index in [1.165, 1.54) is 6.42 Å². The molecule has 3 aliphatic rings. The molecule has 0 radical (unpaired) electrons. The lowest BCUT2D eigenvalue weighted by atomic mass is 9.72. The number of hydrogen-bond donors (Lipinski definition) is 2. The van der Waals surface area contributed by atoms with E-state index in [1.807, 2.05) is 37.4 Å². The summed E-state index contributed by atoms with van der Waals surface area (Å²) in [6, 6.07) is 18.4. The van der Waals surface area contributed by atoms with Crippen LogP contribution in [0.15, 0.2) is 59.0 Å². The Morgan fingerprint density at radius 1 is 0.939 bits per heavy atom. The first-order valence-electron chi connectivity index (χ1n) is 11.9. The molecule has 3 aromatic rings. The van der Waals surface area contributed by atoms with E-state index in [0.717, 1.165) is 61.0 Å². The number of carbonyl (C=O) groups is 1. The van der Waals surface area contributed by atoms with E-state index in [0.29, 0.717) is 17.2 Å². The van der Waals surface area contributed by atoms with Crippen LogP contribution >= 0.6 is 0 Å². The molecule has 1 atom stereocenters. The molecule has 1 aromatic heterocycles. The zero-order valence-corrected chi connectivity index (χ0v) is 19.0. The molecule has 170 valence electrons. The molecule has 3 N–H and O–H groups in total. The molecule has 1 aliphatic carbocycles. The lowest BCUT2D eigenvalue weighted by molar-refractivity contribution is 0.0520. The summed E-state index contributed by atoms with van der Waals surface area (Å²) in [5.74, 6) is 1.26. The smallest absolute Gasteiger partial charge is 0.262 e. The van der Waals surface area contributed by atoms with Crippen molar-refractivity contribution in [3.05, 3.63) is 65.7 Å². The molecule has 2 aliphatic heterocycles. The van der Waals surface area contributed by atoms with Gasteiger partial charge in [0.1, 0.15) is 11.3 Å². The van der Waals surface area contributed by atoms with Gasteiger partial charge in [0.05, 0.1) is 0 Å². The summed E-state index contributed by atoms with van der Waals surface area (Å²) in [7, 11) is 1.87. The lowest BCUT2D eigenvalue weighted by Gasteiger charge is -2.38. The van der Waals surface area contributed by atoms with Gasteiger partial charge < -0.3 is 20.4 Å². The van der Waals surface area contributed by atoms with Crippen molar-refractivity contribution in [2.24, 2.45) is 5.73 Å². The number of rotatable bonds is 4. The van der Waals surface area contributed by atoms with Crippen molar-refractivity contribution in [2.75, 3.05) is 25.5 Å². The molecular formula is C27H30N4O2. The third-order valence-corrected chi connectivity index (χ3v) is 7.59. The number of anilines is 1. The fourth-order valence-electron chi connectivity index (χ4n) is 5.44. The lowest BCUT2D eigenvalue weighted by Crippen LogP contribution is -2.55. The minimum atomic E-state index is -0.202. The van der Waals surface area contributed by atoms with Crippen molar-refractivity contribution in [2.45, 2.75) is 43.9 Å². The van der Waals surface area contributed by atoms with Gasteiger partial charge >= 0.3 is 0 Å². The van der Waals surface area contributed by atoms with Gasteiger partial charge in [-0.3, -0.25) is 9.69 Å². The standard InChI is InChI=1S/C27H30N4O2/c1-30-25(32)22-21(18-8-3-2-4-9-18)23(33-24(22)29-26(30)31-16-5-6-17-31)19-10-12-20(13-11-19)27(28)14-7-15-27/h2-4,8-13,26,29H,5-7,14-17,28H2,1H3. The second kappa shape index (κ2) is 7.75. The van der Waals surface area contributed by atoms with Crippen LogP contribution in [0.5, 0.6) is 0 Å². The van der Waals surface area contributed by atoms with Gasteiger partial charge in [-0.25, -0.2) is 0 Å². The number of benzene rings is 2. The third-order valence-electron chi connectivity index (χ3n) is 7.59. The van der Waals surface area contributed by atoms with Gasteiger partial charge in [-0.1, -0.05) is 54.6 Å². The molecule has 1 saturated heterocycles. The molecule has 2 fully saturated rings. The molecule has 3 heterocycles. The first-order chi connectivity index (χ1) is 16.0. The van der Waals surface area contributed by atoms with E-state index >= 15 is 0 Å². The van der Waals surface area contributed by atoms with E-state index in [9.17, 15) is 4.79 Å². The second-order valence-corrected chi connectivity index (χ2v) is 9.64. The third kappa shape index (κ3) is 3.28. The number of fused-ring (bicyclic) bond motifs is 1. The molecule has 33 heavy (non-hydrogen) atoms. The average Bonchev–Trinajstić information content (AvgIpc) is 3.49. The predicted octanol–water partition coefficient (Wildman–Crippen LogP) is 4.83. The summed E-state index contributed by atoms with van der Waals surface area (Å²) in [6.45, 7) is 1.96. The largest absolute Gasteiger partial charge is 0.439 e. The predicted molar refractivity (Wildman–Crippen MR) is 130 cm³/mol. The molecule has 1 unspecified atom stereocenters. The molecule has 6 heteroatoms. The summed E-state index contributed by atoms with van der Waals surface area (Å²) in [5.41, 5.74) is 10.9. The highest BCUT2D eigenvalue weighted by Crippen LogP contribution is 2.45. The van der Waals surface area contributed by atoms with Gasteiger partial charge in [0.15, 0.2) is 6.29 Å². The number of carbonyl (C=O) groups excluding carboxylic acids is 1. The maximum absolute atomic E-state index is 13.6. The van der Waals surface area contributed by atoms with E-state index in [2.05, 4.69) is 34.5 Å². The monoisotopic (exact) mass is 442 g/mol. The molecule has 0 spiro atoms. The first-order valence-corrected chi connectivity index (χ1v) is 11.9. The van der Waals surface area contributed by atoms with Gasteiger partial charge in [-0.15, -0.1) is 0 Å². The quantitative estimate of drug-likeness (QED) is 0.605. The van der Waals surface area contributed by atoms with Gasteiger partial charge in [-0.2, -0.15) is 0 Å². The van der Waals surface area contributed by atoms with Crippen LogP contribution in [-0.4, -0.2) is 42.1 Å². The van der Waals surface area contributed by atoms with Crippen molar-refractivity contribution in [1.29, 1.82) is 0 Å². The van der Waals surface area contributed by atoms with Crippen molar-refractivity contribution >= 4 is 11.8 Å². The van der Waals surface area contributed by atoms with E-state index in [1.54, 1.807) is 4.90 Å².